The number of amides is 1. The zero-order chi connectivity index (χ0) is 13.1. The van der Waals surface area contributed by atoms with Crippen molar-refractivity contribution in [1.29, 1.82) is 0 Å². The molecule has 0 radical (unpaired) electrons. The van der Waals surface area contributed by atoms with Gasteiger partial charge in [-0.15, -0.1) is 0 Å². The highest BCUT2D eigenvalue weighted by Crippen LogP contribution is 2.18. The van der Waals surface area contributed by atoms with E-state index >= 15 is 0 Å². The highest BCUT2D eigenvalue weighted by molar-refractivity contribution is 7.92. The summed E-state index contributed by atoms with van der Waals surface area (Å²) in [6.45, 7) is 1.77. The Kier molecular flexibility index (Phi) is 4.11. The smallest absolute Gasteiger partial charge is 0.231 e. The lowest BCUT2D eigenvalue weighted by molar-refractivity contribution is -0.115. The summed E-state index contributed by atoms with van der Waals surface area (Å²) in [5.41, 5.74) is 1.21. The third-order valence-electron chi connectivity index (χ3n) is 2.33. The van der Waals surface area contributed by atoms with Gasteiger partial charge in [0.25, 0.3) is 0 Å². The predicted molar refractivity (Wildman–Crippen MR) is 68.6 cm³/mol. The van der Waals surface area contributed by atoms with Gasteiger partial charge in [-0.25, -0.2) is 8.42 Å². The molecule has 0 heterocycles. The zero-order valence-corrected chi connectivity index (χ0v) is 10.9. The average molecular weight is 256 g/mol. The topological polar surface area (TPSA) is 66.5 Å². The van der Waals surface area contributed by atoms with Crippen molar-refractivity contribution < 1.29 is 13.2 Å². The minimum atomic E-state index is -3.25. The van der Waals surface area contributed by atoms with E-state index in [-0.39, 0.29) is 5.91 Å². The number of nitrogens with zero attached hydrogens (tertiary/aromatic N) is 1. The fourth-order valence-electron chi connectivity index (χ4n) is 1.20. The normalized spacial score (nSPS) is 11.0. The molecule has 0 unspecified atom stereocenters. The lowest BCUT2D eigenvalue weighted by atomic mass is 10.2. The van der Waals surface area contributed by atoms with Crippen LogP contribution < -0.4 is 9.62 Å². The maximum Gasteiger partial charge on any atom is 0.231 e. The number of carbonyl (C=O) groups is 1. The minimum absolute atomic E-state index is 0.0748. The molecule has 5 nitrogen and oxygen atoms in total. The molecule has 1 aromatic carbocycles. The molecule has 1 rings (SSSR count). The van der Waals surface area contributed by atoms with Crippen molar-refractivity contribution in [2.24, 2.45) is 0 Å². The fourth-order valence-corrected chi connectivity index (χ4v) is 1.70. The van der Waals surface area contributed by atoms with Gasteiger partial charge in [-0.1, -0.05) is 6.92 Å². The summed E-state index contributed by atoms with van der Waals surface area (Å²) in [7, 11) is -1.77. The molecule has 0 saturated heterocycles. The number of rotatable bonds is 4. The van der Waals surface area contributed by atoms with Crippen LogP contribution in [-0.4, -0.2) is 27.6 Å². The summed E-state index contributed by atoms with van der Waals surface area (Å²) in [5, 5.41) is 2.69. The van der Waals surface area contributed by atoms with Crippen molar-refractivity contribution in [3.8, 4) is 0 Å². The Balaban J connectivity index is 2.85. The Labute approximate surface area is 101 Å². The summed E-state index contributed by atoms with van der Waals surface area (Å²) in [6.07, 6.45) is 1.55. The van der Waals surface area contributed by atoms with E-state index < -0.39 is 10.0 Å². The molecule has 6 heteroatoms. The van der Waals surface area contributed by atoms with E-state index in [9.17, 15) is 13.2 Å². The first-order valence-corrected chi connectivity index (χ1v) is 7.03. The minimum Gasteiger partial charge on any atom is -0.326 e. The van der Waals surface area contributed by atoms with Crippen molar-refractivity contribution in [3.05, 3.63) is 24.3 Å². The first-order chi connectivity index (χ1) is 7.84. The SMILES string of the molecule is CCC(=O)Nc1ccc(N(C)S(C)(=O)=O)cc1. The number of hydrogen-bond donors (Lipinski definition) is 1. The van der Waals surface area contributed by atoms with Crippen molar-refractivity contribution in [2.75, 3.05) is 22.9 Å². The van der Waals surface area contributed by atoms with Crippen LogP contribution in [0.15, 0.2) is 24.3 Å². The van der Waals surface area contributed by atoms with E-state index in [1.54, 1.807) is 31.2 Å². The van der Waals surface area contributed by atoms with Crippen LogP contribution in [0.25, 0.3) is 0 Å². The summed E-state index contributed by atoms with van der Waals surface area (Å²) in [6, 6.07) is 6.63. The largest absolute Gasteiger partial charge is 0.326 e. The molecule has 1 amide bonds. The van der Waals surface area contributed by atoms with Crippen LogP contribution in [0.1, 0.15) is 13.3 Å². The van der Waals surface area contributed by atoms with Crippen molar-refractivity contribution in [2.45, 2.75) is 13.3 Å². The fraction of sp³-hybridized carbons (Fsp3) is 0.364. The third-order valence-corrected chi connectivity index (χ3v) is 3.54. The van der Waals surface area contributed by atoms with Crippen molar-refractivity contribution in [3.63, 3.8) is 0 Å². The first-order valence-electron chi connectivity index (χ1n) is 5.18. The molecule has 0 fully saturated rings. The molecular formula is C11H16N2O3S. The van der Waals surface area contributed by atoms with Crippen LogP contribution in [0.5, 0.6) is 0 Å². The molecule has 1 N–H and O–H groups in total. The standard InChI is InChI=1S/C11H16N2O3S/c1-4-11(14)12-9-5-7-10(8-6-9)13(2)17(3,15)16/h5-8H,4H2,1-3H3,(H,12,14). The summed E-state index contributed by atoms with van der Waals surface area (Å²) >= 11 is 0. The molecule has 0 aliphatic heterocycles. The molecule has 0 aliphatic rings. The van der Waals surface area contributed by atoms with Gasteiger partial charge in [-0.05, 0) is 24.3 Å². The van der Waals surface area contributed by atoms with Gasteiger partial charge >= 0.3 is 0 Å². The number of nitrogens with one attached hydrogen (secondary N) is 1. The summed E-state index contributed by atoms with van der Waals surface area (Å²) in [5.74, 6) is -0.0748. The Hall–Kier alpha value is -1.56. The van der Waals surface area contributed by atoms with Crippen molar-refractivity contribution in [1.82, 2.24) is 0 Å². The molecule has 0 atom stereocenters. The molecule has 0 spiro atoms. The number of anilines is 2. The van der Waals surface area contributed by atoms with Gasteiger partial charge in [-0.3, -0.25) is 9.10 Å². The second-order valence-electron chi connectivity index (χ2n) is 3.68. The second kappa shape index (κ2) is 5.18. The Bertz CT molecular complexity index is 494. The Morgan fingerprint density at radius 3 is 2.24 bits per heavy atom. The van der Waals surface area contributed by atoms with Crippen LogP contribution in [-0.2, 0) is 14.8 Å². The third kappa shape index (κ3) is 3.74. The molecule has 0 aliphatic carbocycles. The maximum atomic E-state index is 11.3. The van der Waals surface area contributed by atoms with Crippen LogP contribution in [0.3, 0.4) is 0 Å². The average Bonchev–Trinajstić information content (AvgIpc) is 2.27. The zero-order valence-electron chi connectivity index (χ0n) is 10.1. The van der Waals surface area contributed by atoms with Crippen LogP contribution in [0.2, 0.25) is 0 Å². The van der Waals surface area contributed by atoms with E-state index in [1.165, 1.54) is 11.4 Å². The van der Waals surface area contributed by atoms with E-state index in [1.807, 2.05) is 0 Å². The first kappa shape index (κ1) is 13.5. The quantitative estimate of drug-likeness (QED) is 0.886. The van der Waals surface area contributed by atoms with Gasteiger partial charge in [0.05, 0.1) is 11.9 Å². The predicted octanol–water partition coefficient (Wildman–Crippen LogP) is 1.43. The number of hydrogen-bond acceptors (Lipinski definition) is 3. The summed E-state index contributed by atoms with van der Waals surface area (Å²) in [4.78, 5) is 11.1. The van der Waals surface area contributed by atoms with E-state index in [0.29, 0.717) is 17.8 Å². The van der Waals surface area contributed by atoms with Gasteiger partial charge in [0.15, 0.2) is 0 Å². The molecule has 0 saturated carbocycles. The monoisotopic (exact) mass is 256 g/mol. The Morgan fingerprint density at radius 2 is 1.82 bits per heavy atom. The highest BCUT2D eigenvalue weighted by atomic mass is 32.2. The molecular weight excluding hydrogens is 240 g/mol. The van der Waals surface area contributed by atoms with Gasteiger partial charge in [0.2, 0.25) is 15.9 Å². The second-order valence-corrected chi connectivity index (χ2v) is 5.69. The van der Waals surface area contributed by atoms with Crippen LogP contribution in [0.4, 0.5) is 11.4 Å². The number of sulfonamides is 1. The van der Waals surface area contributed by atoms with Crippen molar-refractivity contribution >= 4 is 27.3 Å². The maximum absolute atomic E-state index is 11.3. The van der Waals surface area contributed by atoms with Crippen LogP contribution >= 0.6 is 0 Å². The highest BCUT2D eigenvalue weighted by Gasteiger charge is 2.11. The van der Waals surface area contributed by atoms with Gasteiger partial charge in [0, 0.05) is 19.2 Å². The molecule has 94 valence electrons. The lowest BCUT2D eigenvalue weighted by Crippen LogP contribution is -2.24. The van der Waals surface area contributed by atoms with Gasteiger partial charge in [0.1, 0.15) is 0 Å². The molecule has 0 aromatic heterocycles. The number of benzene rings is 1. The van der Waals surface area contributed by atoms with E-state index in [4.69, 9.17) is 0 Å². The lowest BCUT2D eigenvalue weighted by Gasteiger charge is -2.16. The summed E-state index contributed by atoms with van der Waals surface area (Å²) < 4.78 is 23.8. The molecule has 17 heavy (non-hydrogen) atoms. The van der Waals surface area contributed by atoms with Gasteiger partial charge in [-0.2, -0.15) is 0 Å². The molecule has 0 bridgehead atoms. The van der Waals surface area contributed by atoms with E-state index in [2.05, 4.69) is 5.32 Å². The van der Waals surface area contributed by atoms with Gasteiger partial charge < -0.3 is 5.32 Å². The van der Waals surface area contributed by atoms with E-state index in [0.717, 1.165) is 6.26 Å². The molecule has 1 aromatic rings. The van der Waals surface area contributed by atoms with Crippen LogP contribution in [0, 0.1) is 0 Å². The number of carbonyl (C=O) groups excluding carboxylic acids is 1. The Morgan fingerprint density at radius 1 is 1.29 bits per heavy atom.